The number of benzene rings is 1. The molecule has 114 valence electrons. The van der Waals surface area contributed by atoms with Gasteiger partial charge in [-0.3, -0.25) is 4.79 Å². The number of nitrogens with two attached hydrogens (primary N) is 1. The highest BCUT2D eigenvalue weighted by Crippen LogP contribution is 2.35. The standard InChI is InChI=1S/C13H19BrN2O3.ClH/c1-18-10-7-9(8-11(19-2)12(10)14)13(17)16-6-4-3-5-15;/h7-8H,3-6,15H2,1-2H3,(H,16,17);1H. The normalized spacial score (nSPS) is 9.60. The van der Waals surface area contributed by atoms with Crippen LogP contribution in [0.5, 0.6) is 11.5 Å². The Morgan fingerprint density at radius 2 is 1.80 bits per heavy atom. The first-order chi connectivity index (χ1) is 9.13. The minimum absolute atomic E-state index is 0. The van der Waals surface area contributed by atoms with Crippen molar-refractivity contribution >= 4 is 34.2 Å². The molecule has 0 saturated carbocycles. The number of methoxy groups -OCH3 is 2. The average molecular weight is 368 g/mol. The van der Waals surface area contributed by atoms with Crippen molar-refractivity contribution in [3.8, 4) is 11.5 Å². The van der Waals surface area contributed by atoms with Crippen LogP contribution in [0.4, 0.5) is 0 Å². The van der Waals surface area contributed by atoms with Crippen molar-refractivity contribution in [1.82, 2.24) is 5.32 Å². The van der Waals surface area contributed by atoms with Crippen LogP contribution in [0, 0.1) is 0 Å². The van der Waals surface area contributed by atoms with Gasteiger partial charge in [-0.15, -0.1) is 12.4 Å². The first-order valence-electron chi connectivity index (χ1n) is 6.03. The fourth-order valence-corrected chi connectivity index (χ4v) is 2.13. The van der Waals surface area contributed by atoms with Crippen molar-refractivity contribution in [1.29, 1.82) is 0 Å². The van der Waals surface area contributed by atoms with E-state index in [9.17, 15) is 4.79 Å². The smallest absolute Gasteiger partial charge is 0.251 e. The average Bonchev–Trinajstić information content (AvgIpc) is 2.43. The molecule has 0 aromatic heterocycles. The lowest BCUT2D eigenvalue weighted by Gasteiger charge is -2.11. The molecule has 1 aromatic carbocycles. The van der Waals surface area contributed by atoms with E-state index in [1.807, 2.05) is 0 Å². The van der Waals surface area contributed by atoms with Gasteiger partial charge in [0, 0.05) is 12.1 Å². The number of rotatable bonds is 7. The Bertz CT molecular complexity index is 419. The van der Waals surface area contributed by atoms with Crippen LogP contribution in [0.1, 0.15) is 23.2 Å². The maximum Gasteiger partial charge on any atom is 0.251 e. The van der Waals surface area contributed by atoms with E-state index < -0.39 is 0 Å². The number of hydrogen-bond acceptors (Lipinski definition) is 4. The zero-order valence-corrected chi connectivity index (χ0v) is 14.0. The Morgan fingerprint density at radius 3 is 2.25 bits per heavy atom. The van der Waals surface area contributed by atoms with E-state index in [0.717, 1.165) is 12.8 Å². The molecule has 7 heteroatoms. The van der Waals surface area contributed by atoms with E-state index in [4.69, 9.17) is 15.2 Å². The van der Waals surface area contributed by atoms with Gasteiger partial charge in [-0.25, -0.2) is 0 Å². The Hall–Kier alpha value is -0.980. The number of ether oxygens (including phenoxy) is 2. The second kappa shape index (κ2) is 9.85. The van der Waals surface area contributed by atoms with Crippen molar-refractivity contribution in [2.24, 2.45) is 5.73 Å². The van der Waals surface area contributed by atoms with E-state index in [0.29, 0.717) is 34.6 Å². The van der Waals surface area contributed by atoms with Crippen LogP contribution in [0.3, 0.4) is 0 Å². The van der Waals surface area contributed by atoms with Crippen molar-refractivity contribution in [3.63, 3.8) is 0 Å². The Balaban J connectivity index is 0.00000361. The SMILES string of the molecule is COc1cc(C(=O)NCCCCN)cc(OC)c1Br.Cl. The molecular weight excluding hydrogens is 348 g/mol. The monoisotopic (exact) mass is 366 g/mol. The third kappa shape index (κ3) is 5.19. The quantitative estimate of drug-likeness (QED) is 0.726. The third-order valence-corrected chi connectivity index (χ3v) is 3.41. The second-order valence-corrected chi connectivity index (χ2v) is 4.74. The zero-order chi connectivity index (χ0) is 14.3. The van der Waals surface area contributed by atoms with Crippen LogP contribution < -0.4 is 20.5 Å². The predicted molar refractivity (Wildman–Crippen MR) is 85.1 cm³/mol. The molecule has 1 aromatic rings. The molecule has 5 nitrogen and oxygen atoms in total. The van der Waals surface area contributed by atoms with Gasteiger partial charge in [0.25, 0.3) is 5.91 Å². The molecular formula is C13H20BrClN2O3. The van der Waals surface area contributed by atoms with Gasteiger partial charge in [0.05, 0.1) is 14.2 Å². The molecule has 0 spiro atoms. The zero-order valence-electron chi connectivity index (χ0n) is 11.6. The second-order valence-electron chi connectivity index (χ2n) is 3.95. The van der Waals surface area contributed by atoms with Crippen LogP contribution in [-0.2, 0) is 0 Å². The van der Waals surface area contributed by atoms with Gasteiger partial charge in [-0.05, 0) is 47.4 Å². The van der Waals surface area contributed by atoms with Gasteiger partial charge < -0.3 is 20.5 Å². The van der Waals surface area contributed by atoms with Gasteiger partial charge in [-0.2, -0.15) is 0 Å². The van der Waals surface area contributed by atoms with Crippen LogP contribution >= 0.6 is 28.3 Å². The summed E-state index contributed by atoms with van der Waals surface area (Å²) in [7, 11) is 3.09. The summed E-state index contributed by atoms with van der Waals surface area (Å²) in [5, 5.41) is 2.83. The van der Waals surface area contributed by atoms with Crippen molar-refractivity contribution in [2.75, 3.05) is 27.3 Å². The number of halogens is 2. The molecule has 0 unspecified atom stereocenters. The third-order valence-electron chi connectivity index (χ3n) is 2.62. The van der Waals surface area contributed by atoms with E-state index in [2.05, 4.69) is 21.2 Å². The van der Waals surface area contributed by atoms with Crippen LogP contribution in [0.15, 0.2) is 16.6 Å². The summed E-state index contributed by atoms with van der Waals surface area (Å²) in [5.41, 5.74) is 5.90. The minimum atomic E-state index is -0.152. The molecule has 1 amide bonds. The Kier molecular flexibility index (Phi) is 9.37. The molecule has 20 heavy (non-hydrogen) atoms. The summed E-state index contributed by atoms with van der Waals surface area (Å²) < 4.78 is 11.1. The topological polar surface area (TPSA) is 73.6 Å². The van der Waals surface area contributed by atoms with Crippen molar-refractivity contribution in [3.05, 3.63) is 22.2 Å². The van der Waals surface area contributed by atoms with E-state index in [1.165, 1.54) is 0 Å². The van der Waals surface area contributed by atoms with E-state index in [-0.39, 0.29) is 18.3 Å². The van der Waals surface area contributed by atoms with Crippen molar-refractivity contribution in [2.45, 2.75) is 12.8 Å². The fourth-order valence-electron chi connectivity index (χ4n) is 1.57. The number of hydrogen-bond donors (Lipinski definition) is 2. The van der Waals surface area contributed by atoms with Gasteiger partial charge in [-0.1, -0.05) is 0 Å². The molecule has 0 atom stereocenters. The number of nitrogens with one attached hydrogen (secondary N) is 1. The van der Waals surface area contributed by atoms with E-state index >= 15 is 0 Å². The first kappa shape index (κ1) is 19.0. The van der Waals surface area contributed by atoms with Crippen molar-refractivity contribution < 1.29 is 14.3 Å². The van der Waals surface area contributed by atoms with Gasteiger partial charge in [0.15, 0.2) is 0 Å². The summed E-state index contributed by atoms with van der Waals surface area (Å²) >= 11 is 3.36. The molecule has 0 fully saturated rings. The number of carbonyl (C=O) groups excluding carboxylic acids is 1. The lowest BCUT2D eigenvalue weighted by Crippen LogP contribution is -2.25. The lowest BCUT2D eigenvalue weighted by molar-refractivity contribution is 0.0952. The highest BCUT2D eigenvalue weighted by atomic mass is 79.9. The molecule has 0 saturated heterocycles. The number of carbonyl (C=O) groups is 1. The first-order valence-corrected chi connectivity index (χ1v) is 6.83. The highest BCUT2D eigenvalue weighted by Gasteiger charge is 2.14. The lowest BCUT2D eigenvalue weighted by atomic mass is 10.2. The molecule has 3 N–H and O–H groups in total. The Labute approximate surface area is 133 Å². The predicted octanol–water partition coefficient (Wildman–Crippen LogP) is 2.36. The maximum atomic E-state index is 12.0. The summed E-state index contributed by atoms with van der Waals surface area (Å²) in [4.78, 5) is 12.0. The summed E-state index contributed by atoms with van der Waals surface area (Å²) in [6.07, 6.45) is 1.76. The van der Waals surface area contributed by atoms with Crippen LogP contribution in [0.25, 0.3) is 0 Å². The van der Waals surface area contributed by atoms with E-state index in [1.54, 1.807) is 26.4 Å². The molecule has 1 rings (SSSR count). The summed E-state index contributed by atoms with van der Waals surface area (Å²) in [6, 6.07) is 3.34. The molecule has 0 aliphatic heterocycles. The van der Waals surface area contributed by atoms with Crippen LogP contribution in [0.2, 0.25) is 0 Å². The summed E-state index contributed by atoms with van der Waals surface area (Å²) in [6.45, 7) is 1.24. The fraction of sp³-hybridized carbons (Fsp3) is 0.462. The molecule has 0 heterocycles. The van der Waals surface area contributed by atoms with Gasteiger partial charge in [0.1, 0.15) is 16.0 Å². The number of unbranched alkanes of at least 4 members (excludes halogenated alkanes) is 1. The number of amides is 1. The molecule has 0 radical (unpaired) electrons. The van der Waals surface area contributed by atoms with Gasteiger partial charge in [0.2, 0.25) is 0 Å². The molecule has 0 bridgehead atoms. The molecule has 0 aliphatic carbocycles. The van der Waals surface area contributed by atoms with Crippen LogP contribution in [-0.4, -0.2) is 33.2 Å². The maximum absolute atomic E-state index is 12.0. The summed E-state index contributed by atoms with van der Waals surface area (Å²) in [5.74, 6) is 0.971. The largest absolute Gasteiger partial charge is 0.495 e. The highest BCUT2D eigenvalue weighted by molar-refractivity contribution is 9.10. The Morgan fingerprint density at radius 1 is 1.25 bits per heavy atom. The molecule has 0 aliphatic rings. The minimum Gasteiger partial charge on any atom is -0.495 e. The van der Waals surface area contributed by atoms with Gasteiger partial charge >= 0.3 is 0 Å².